The Labute approximate surface area is 179 Å². The zero-order valence-electron chi connectivity index (χ0n) is 18.0. The topological polar surface area (TPSA) is 86.4 Å². The van der Waals surface area contributed by atoms with E-state index in [1.807, 2.05) is 29.2 Å². The summed E-state index contributed by atoms with van der Waals surface area (Å²) in [6, 6.07) is 9.32. The third kappa shape index (κ3) is 3.73. The Morgan fingerprint density at radius 3 is 2.52 bits per heavy atom. The molecule has 1 aliphatic heterocycles. The number of amides is 1. The van der Waals surface area contributed by atoms with E-state index < -0.39 is 11.2 Å². The van der Waals surface area contributed by atoms with Crippen LogP contribution in [0.4, 0.5) is 0 Å². The number of likely N-dealkylation sites (tertiary alicyclic amines) is 1. The van der Waals surface area contributed by atoms with Gasteiger partial charge in [-0.1, -0.05) is 25.0 Å². The fourth-order valence-corrected chi connectivity index (χ4v) is 4.27. The summed E-state index contributed by atoms with van der Waals surface area (Å²) in [4.78, 5) is 44.5. The van der Waals surface area contributed by atoms with Crippen LogP contribution in [0.2, 0.25) is 0 Å². The minimum absolute atomic E-state index is 0.0560. The van der Waals surface area contributed by atoms with Gasteiger partial charge in [-0.15, -0.1) is 0 Å². The highest BCUT2D eigenvalue weighted by atomic mass is 16.5. The maximum atomic E-state index is 13.5. The molecule has 8 nitrogen and oxygen atoms in total. The number of fused-ring (bicyclic) bond motifs is 1. The number of methoxy groups -OCH3 is 1. The van der Waals surface area contributed by atoms with Gasteiger partial charge < -0.3 is 9.64 Å². The van der Waals surface area contributed by atoms with Crippen LogP contribution in [0.15, 0.2) is 46.1 Å². The summed E-state index contributed by atoms with van der Waals surface area (Å²) >= 11 is 0. The van der Waals surface area contributed by atoms with E-state index in [0.29, 0.717) is 12.1 Å². The standard InChI is InChI=1S/C23H26N4O4/c1-25-20-18(22(29)26(2)23(25)30)13-16(14-24-20)21(28)27-12-6-4-5-7-19(27)15-8-10-17(31-3)11-9-15/h8-11,13-14,19H,4-7,12H2,1-3H3/t19-/m1/s1. The minimum atomic E-state index is -0.456. The third-order valence-corrected chi connectivity index (χ3v) is 6.05. The van der Waals surface area contributed by atoms with Crippen molar-refractivity contribution >= 4 is 16.9 Å². The minimum Gasteiger partial charge on any atom is -0.497 e. The summed E-state index contributed by atoms with van der Waals surface area (Å²) in [5, 5.41) is 0.256. The van der Waals surface area contributed by atoms with Crippen molar-refractivity contribution in [2.24, 2.45) is 14.1 Å². The molecular weight excluding hydrogens is 396 g/mol. The molecule has 3 heterocycles. The van der Waals surface area contributed by atoms with E-state index in [0.717, 1.165) is 41.6 Å². The highest BCUT2D eigenvalue weighted by Gasteiger charge is 2.28. The van der Waals surface area contributed by atoms with Gasteiger partial charge in [0.15, 0.2) is 0 Å². The van der Waals surface area contributed by atoms with Gasteiger partial charge in [-0.3, -0.25) is 18.7 Å². The Morgan fingerprint density at radius 1 is 1.06 bits per heavy atom. The van der Waals surface area contributed by atoms with Gasteiger partial charge in [0.25, 0.3) is 11.5 Å². The molecule has 1 fully saturated rings. The number of rotatable bonds is 3. The van der Waals surface area contributed by atoms with Crippen molar-refractivity contribution in [3.05, 3.63) is 68.5 Å². The second kappa shape index (κ2) is 8.37. The second-order valence-electron chi connectivity index (χ2n) is 7.94. The number of benzene rings is 1. The average Bonchev–Trinajstić information content (AvgIpc) is 3.06. The molecule has 0 aliphatic carbocycles. The van der Waals surface area contributed by atoms with Gasteiger partial charge in [0.2, 0.25) is 0 Å². The molecule has 0 radical (unpaired) electrons. The number of hydrogen-bond donors (Lipinski definition) is 0. The number of aromatic nitrogens is 3. The lowest BCUT2D eigenvalue weighted by molar-refractivity contribution is 0.0680. The number of pyridine rings is 1. The molecule has 162 valence electrons. The lowest BCUT2D eigenvalue weighted by atomic mass is 10.00. The third-order valence-electron chi connectivity index (χ3n) is 6.05. The van der Waals surface area contributed by atoms with E-state index >= 15 is 0 Å². The number of aryl methyl sites for hydroxylation is 1. The van der Waals surface area contributed by atoms with Crippen LogP contribution in [-0.4, -0.2) is 38.6 Å². The Balaban J connectivity index is 1.75. The first kappa shape index (κ1) is 20.8. The molecule has 0 N–H and O–H groups in total. The lowest BCUT2D eigenvalue weighted by Crippen LogP contribution is -2.38. The van der Waals surface area contributed by atoms with Crippen molar-refractivity contribution in [1.82, 2.24) is 19.0 Å². The predicted octanol–water partition coefficient (Wildman–Crippen LogP) is 2.40. The van der Waals surface area contributed by atoms with E-state index in [1.54, 1.807) is 20.2 Å². The molecule has 31 heavy (non-hydrogen) atoms. The van der Waals surface area contributed by atoms with Gasteiger partial charge in [-0.2, -0.15) is 0 Å². The highest BCUT2D eigenvalue weighted by Crippen LogP contribution is 2.32. The normalized spacial score (nSPS) is 16.9. The smallest absolute Gasteiger partial charge is 0.332 e. The number of ether oxygens (including phenoxy) is 1. The van der Waals surface area contributed by atoms with Crippen LogP contribution < -0.4 is 16.0 Å². The van der Waals surface area contributed by atoms with Crippen molar-refractivity contribution in [3.63, 3.8) is 0 Å². The molecule has 1 saturated heterocycles. The van der Waals surface area contributed by atoms with Crippen LogP contribution in [0.5, 0.6) is 5.75 Å². The molecule has 2 aromatic heterocycles. The highest BCUT2D eigenvalue weighted by molar-refractivity contribution is 5.97. The molecule has 3 aromatic rings. The van der Waals surface area contributed by atoms with Crippen molar-refractivity contribution in [2.75, 3.05) is 13.7 Å². The summed E-state index contributed by atoms with van der Waals surface area (Å²) in [7, 11) is 4.61. The van der Waals surface area contributed by atoms with E-state index in [1.165, 1.54) is 17.8 Å². The molecule has 0 bridgehead atoms. The Bertz CT molecular complexity index is 1240. The van der Waals surface area contributed by atoms with Gasteiger partial charge in [-0.25, -0.2) is 9.78 Å². The molecular formula is C23H26N4O4. The summed E-state index contributed by atoms with van der Waals surface area (Å²) in [5.74, 6) is 0.614. The Hall–Kier alpha value is -3.42. The monoisotopic (exact) mass is 422 g/mol. The average molecular weight is 422 g/mol. The largest absolute Gasteiger partial charge is 0.497 e. The van der Waals surface area contributed by atoms with Gasteiger partial charge in [-0.05, 0) is 36.6 Å². The van der Waals surface area contributed by atoms with Crippen LogP contribution in [0.25, 0.3) is 11.0 Å². The van der Waals surface area contributed by atoms with Crippen LogP contribution in [0.3, 0.4) is 0 Å². The first-order chi connectivity index (χ1) is 14.9. The molecule has 1 atom stereocenters. The number of hydrogen-bond acceptors (Lipinski definition) is 5. The van der Waals surface area contributed by atoms with Gasteiger partial charge >= 0.3 is 5.69 Å². The second-order valence-corrected chi connectivity index (χ2v) is 7.94. The zero-order valence-corrected chi connectivity index (χ0v) is 18.0. The fourth-order valence-electron chi connectivity index (χ4n) is 4.27. The van der Waals surface area contributed by atoms with Gasteiger partial charge in [0, 0.05) is 26.8 Å². The SMILES string of the molecule is COc1ccc([C@H]2CCCCCN2C(=O)c2cnc3c(c2)c(=O)n(C)c(=O)n3C)cc1. The van der Waals surface area contributed by atoms with Crippen LogP contribution in [0.1, 0.15) is 47.6 Å². The summed E-state index contributed by atoms with van der Waals surface area (Å²) < 4.78 is 7.61. The molecule has 1 aliphatic rings. The number of carbonyl (C=O) groups excluding carboxylic acids is 1. The van der Waals surface area contributed by atoms with Crippen LogP contribution in [-0.2, 0) is 14.1 Å². The Morgan fingerprint density at radius 2 is 1.81 bits per heavy atom. The molecule has 1 amide bonds. The van der Waals surface area contributed by atoms with E-state index in [4.69, 9.17) is 4.74 Å². The van der Waals surface area contributed by atoms with Crippen molar-refractivity contribution < 1.29 is 9.53 Å². The summed E-state index contributed by atoms with van der Waals surface area (Å²) in [6.07, 6.45) is 5.36. The summed E-state index contributed by atoms with van der Waals surface area (Å²) in [5.41, 5.74) is 0.776. The molecule has 0 saturated carbocycles. The maximum absolute atomic E-state index is 13.5. The summed E-state index contributed by atoms with van der Waals surface area (Å²) in [6.45, 7) is 0.638. The predicted molar refractivity (Wildman–Crippen MR) is 117 cm³/mol. The fraction of sp³-hybridized carbons (Fsp3) is 0.391. The quantitative estimate of drug-likeness (QED) is 0.647. The lowest BCUT2D eigenvalue weighted by Gasteiger charge is -2.30. The molecule has 8 heteroatoms. The van der Waals surface area contributed by atoms with Crippen molar-refractivity contribution in [2.45, 2.75) is 31.7 Å². The van der Waals surface area contributed by atoms with Crippen LogP contribution in [0, 0.1) is 0 Å². The number of nitrogens with zero attached hydrogens (tertiary/aromatic N) is 4. The zero-order chi connectivity index (χ0) is 22.1. The van der Waals surface area contributed by atoms with E-state index in [-0.39, 0.29) is 23.0 Å². The first-order valence-electron chi connectivity index (χ1n) is 10.4. The van der Waals surface area contributed by atoms with E-state index in [9.17, 15) is 14.4 Å². The molecule has 0 unspecified atom stereocenters. The number of carbonyl (C=O) groups is 1. The first-order valence-corrected chi connectivity index (χ1v) is 10.4. The molecule has 4 rings (SSSR count). The molecule has 1 aromatic carbocycles. The Kier molecular flexibility index (Phi) is 5.63. The van der Waals surface area contributed by atoms with E-state index in [2.05, 4.69) is 4.98 Å². The maximum Gasteiger partial charge on any atom is 0.332 e. The van der Waals surface area contributed by atoms with Crippen molar-refractivity contribution in [3.8, 4) is 5.75 Å². The van der Waals surface area contributed by atoms with Gasteiger partial charge in [0.1, 0.15) is 11.4 Å². The van der Waals surface area contributed by atoms with Crippen molar-refractivity contribution in [1.29, 1.82) is 0 Å². The van der Waals surface area contributed by atoms with Crippen LogP contribution >= 0.6 is 0 Å². The van der Waals surface area contributed by atoms with Gasteiger partial charge in [0.05, 0.1) is 24.1 Å². The molecule has 0 spiro atoms.